The molecule has 0 radical (unpaired) electrons. The van der Waals surface area contributed by atoms with Gasteiger partial charge in [0.25, 0.3) is 5.91 Å². The number of carbonyl (C=O) groups excluding carboxylic acids is 2. The Morgan fingerprint density at radius 1 is 1.39 bits per heavy atom. The van der Waals surface area contributed by atoms with E-state index >= 15 is 0 Å². The van der Waals surface area contributed by atoms with Crippen LogP contribution in [0.5, 0.6) is 0 Å². The fraction of sp³-hybridized carbons (Fsp3) is 0.364. The minimum absolute atomic E-state index is 0.0562. The summed E-state index contributed by atoms with van der Waals surface area (Å²) in [5, 5.41) is 11.1. The molecule has 0 atom stereocenters. The number of pyridine rings is 1. The average Bonchev–Trinajstić information content (AvgIpc) is 3.39. The van der Waals surface area contributed by atoms with E-state index in [9.17, 15) is 9.59 Å². The highest BCUT2D eigenvalue weighted by Gasteiger charge is 2.34. The van der Waals surface area contributed by atoms with E-state index in [1.165, 1.54) is 0 Å². The van der Waals surface area contributed by atoms with Gasteiger partial charge in [-0.15, -0.1) is 0 Å². The molecular weight excluding hydrogens is 414 g/mol. The molecule has 4 heterocycles. The molecule has 8 nitrogen and oxygen atoms in total. The van der Waals surface area contributed by atoms with Crippen LogP contribution in [-0.4, -0.2) is 39.4 Å². The van der Waals surface area contributed by atoms with Crippen molar-refractivity contribution in [2.45, 2.75) is 45.8 Å². The number of carbonyl (C=O) groups is 2. The molecule has 1 fully saturated rings. The number of aryl methyl sites for hydroxylation is 2. The smallest absolute Gasteiger partial charge is 0.256 e. The molecule has 1 aliphatic carbocycles. The molecular formula is C22H23N5O3S. The molecule has 0 spiro atoms. The number of anilines is 2. The fourth-order valence-electron chi connectivity index (χ4n) is 3.86. The molecule has 0 aromatic carbocycles. The third kappa shape index (κ3) is 3.81. The van der Waals surface area contributed by atoms with Crippen molar-refractivity contribution in [1.82, 2.24) is 15.0 Å². The zero-order chi connectivity index (χ0) is 21.5. The van der Waals surface area contributed by atoms with Gasteiger partial charge in [0.05, 0.1) is 30.0 Å². The summed E-state index contributed by atoms with van der Waals surface area (Å²) in [5.74, 6) is 1.13. The van der Waals surface area contributed by atoms with Crippen molar-refractivity contribution in [2.75, 3.05) is 16.8 Å². The van der Waals surface area contributed by atoms with Gasteiger partial charge in [0.2, 0.25) is 5.91 Å². The maximum Gasteiger partial charge on any atom is 0.256 e. The van der Waals surface area contributed by atoms with Crippen molar-refractivity contribution in [3.8, 4) is 0 Å². The maximum atomic E-state index is 13.4. The zero-order valence-corrected chi connectivity index (χ0v) is 18.2. The van der Waals surface area contributed by atoms with Crippen molar-refractivity contribution >= 4 is 34.7 Å². The molecule has 31 heavy (non-hydrogen) atoms. The van der Waals surface area contributed by atoms with Gasteiger partial charge in [-0.3, -0.25) is 9.59 Å². The summed E-state index contributed by atoms with van der Waals surface area (Å²) in [5.41, 5.74) is 3.85. The highest BCUT2D eigenvalue weighted by Crippen LogP contribution is 2.34. The third-order valence-corrected chi connectivity index (χ3v) is 6.52. The second-order valence-electron chi connectivity index (χ2n) is 8.02. The number of nitrogens with one attached hydrogen (secondary N) is 1. The summed E-state index contributed by atoms with van der Waals surface area (Å²) in [7, 11) is 0. The largest absolute Gasteiger partial charge is 0.361 e. The summed E-state index contributed by atoms with van der Waals surface area (Å²) in [6.45, 7) is 4.76. The lowest BCUT2D eigenvalue weighted by Crippen LogP contribution is -2.40. The fourth-order valence-corrected chi connectivity index (χ4v) is 4.52. The first-order valence-electron chi connectivity index (χ1n) is 10.3. The van der Waals surface area contributed by atoms with Crippen LogP contribution in [0.25, 0.3) is 0 Å². The highest BCUT2D eigenvalue weighted by atomic mass is 32.1. The van der Waals surface area contributed by atoms with Crippen LogP contribution < -0.4 is 10.2 Å². The van der Waals surface area contributed by atoms with Gasteiger partial charge in [-0.05, 0) is 55.1 Å². The Morgan fingerprint density at radius 3 is 2.90 bits per heavy atom. The third-order valence-electron chi connectivity index (χ3n) is 5.79. The van der Waals surface area contributed by atoms with E-state index in [2.05, 4.69) is 20.8 Å². The number of rotatable bonds is 6. The van der Waals surface area contributed by atoms with Gasteiger partial charge < -0.3 is 19.6 Å². The van der Waals surface area contributed by atoms with Crippen molar-refractivity contribution < 1.29 is 14.1 Å². The van der Waals surface area contributed by atoms with Crippen molar-refractivity contribution in [3.05, 3.63) is 57.2 Å². The number of fused-ring (bicyclic) bond motifs is 1. The molecule has 2 aliphatic rings. The minimum atomic E-state index is -0.0868. The van der Waals surface area contributed by atoms with Gasteiger partial charge in [-0.2, -0.15) is 11.3 Å². The van der Waals surface area contributed by atoms with Crippen LogP contribution in [0.3, 0.4) is 0 Å². The van der Waals surface area contributed by atoms with Gasteiger partial charge in [0.15, 0.2) is 5.82 Å². The number of hydrogen-bond acceptors (Lipinski definition) is 7. The van der Waals surface area contributed by atoms with Crippen molar-refractivity contribution in [1.29, 1.82) is 0 Å². The van der Waals surface area contributed by atoms with E-state index in [4.69, 9.17) is 4.52 Å². The summed E-state index contributed by atoms with van der Waals surface area (Å²) in [6, 6.07) is 4.09. The Labute approximate surface area is 183 Å². The first-order chi connectivity index (χ1) is 15.0. The molecule has 0 unspecified atom stereocenters. The number of aromatic nitrogens is 2. The average molecular weight is 438 g/mol. The quantitative estimate of drug-likeness (QED) is 0.635. The van der Waals surface area contributed by atoms with Gasteiger partial charge in [0, 0.05) is 24.3 Å². The lowest BCUT2D eigenvalue weighted by atomic mass is 10.1. The Balaban J connectivity index is 1.46. The second kappa shape index (κ2) is 7.81. The molecule has 5 rings (SSSR count). The van der Waals surface area contributed by atoms with E-state index < -0.39 is 0 Å². The molecule has 1 N–H and O–H groups in total. The van der Waals surface area contributed by atoms with Gasteiger partial charge in [-0.1, -0.05) is 5.16 Å². The SMILES string of the molecule is Cc1noc(C)c1CN1C(=O)CNc2ncc(C(=O)N(Cc3ccsc3)C3CC3)cc21. The summed E-state index contributed by atoms with van der Waals surface area (Å²) in [4.78, 5) is 34.2. The van der Waals surface area contributed by atoms with E-state index in [0.29, 0.717) is 35.9 Å². The molecule has 0 saturated heterocycles. The van der Waals surface area contributed by atoms with E-state index in [1.54, 1.807) is 28.5 Å². The van der Waals surface area contributed by atoms with Crippen LogP contribution in [0.2, 0.25) is 0 Å². The molecule has 9 heteroatoms. The Kier molecular flexibility index (Phi) is 4.97. The predicted molar refractivity (Wildman–Crippen MR) is 117 cm³/mol. The number of thiophene rings is 1. The Hall–Kier alpha value is -3.20. The highest BCUT2D eigenvalue weighted by molar-refractivity contribution is 7.07. The Morgan fingerprint density at radius 2 is 2.23 bits per heavy atom. The van der Waals surface area contributed by atoms with Crippen LogP contribution in [0.1, 0.15) is 45.8 Å². The standard InChI is InChI=1S/C22H23N5O3S/c1-13-18(14(2)30-25-13)11-27-19-7-16(8-23-21(19)24-9-20(27)28)22(29)26(17-3-4-17)10-15-5-6-31-12-15/h5-8,12,17H,3-4,9-11H2,1-2H3,(H,23,24). The number of amides is 2. The monoisotopic (exact) mass is 437 g/mol. The van der Waals surface area contributed by atoms with Crippen LogP contribution in [0, 0.1) is 13.8 Å². The normalized spacial score (nSPS) is 15.5. The summed E-state index contributed by atoms with van der Waals surface area (Å²) < 4.78 is 5.26. The minimum Gasteiger partial charge on any atom is -0.361 e. The molecule has 1 aliphatic heterocycles. The van der Waals surface area contributed by atoms with Crippen LogP contribution in [0.15, 0.2) is 33.6 Å². The predicted octanol–water partition coefficient (Wildman–Crippen LogP) is 3.51. The molecule has 0 bridgehead atoms. The molecule has 1 saturated carbocycles. The first-order valence-corrected chi connectivity index (χ1v) is 11.2. The van der Waals surface area contributed by atoms with Crippen molar-refractivity contribution in [2.24, 2.45) is 0 Å². The molecule has 160 valence electrons. The van der Waals surface area contributed by atoms with Crippen molar-refractivity contribution in [3.63, 3.8) is 0 Å². The Bertz CT molecular complexity index is 1120. The molecule has 2 amide bonds. The first kappa shape index (κ1) is 19.7. The maximum absolute atomic E-state index is 13.4. The molecule has 3 aromatic heterocycles. The van der Waals surface area contributed by atoms with Crippen LogP contribution >= 0.6 is 11.3 Å². The van der Waals surface area contributed by atoms with E-state index in [1.807, 2.05) is 30.2 Å². The van der Waals surface area contributed by atoms with Gasteiger partial charge in [-0.25, -0.2) is 4.98 Å². The van der Waals surface area contributed by atoms with Crippen LogP contribution in [0.4, 0.5) is 11.5 Å². The van der Waals surface area contributed by atoms with E-state index in [0.717, 1.165) is 29.7 Å². The second-order valence-corrected chi connectivity index (χ2v) is 8.80. The number of nitrogens with zero attached hydrogens (tertiary/aromatic N) is 4. The summed E-state index contributed by atoms with van der Waals surface area (Å²) in [6.07, 6.45) is 3.64. The topological polar surface area (TPSA) is 91.6 Å². The lowest BCUT2D eigenvalue weighted by molar-refractivity contribution is -0.117. The zero-order valence-electron chi connectivity index (χ0n) is 17.4. The lowest BCUT2D eigenvalue weighted by Gasteiger charge is -2.30. The summed E-state index contributed by atoms with van der Waals surface area (Å²) >= 11 is 1.63. The number of hydrogen-bond donors (Lipinski definition) is 1. The van der Waals surface area contributed by atoms with Gasteiger partial charge >= 0.3 is 0 Å². The van der Waals surface area contributed by atoms with Gasteiger partial charge in [0.1, 0.15) is 5.76 Å². The molecule has 3 aromatic rings. The van der Waals surface area contributed by atoms with Crippen LogP contribution in [-0.2, 0) is 17.9 Å². The van der Waals surface area contributed by atoms with E-state index in [-0.39, 0.29) is 24.4 Å².